The molecule has 0 saturated heterocycles. The van der Waals surface area contributed by atoms with Crippen LogP contribution in [-0.2, 0) is 17.8 Å². The lowest BCUT2D eigenvalue weighted by atomic mass is 10.0. The maximum atomic E-state index is 12.3. The van der Waals surface area contributed by atoms with E-state index in [2.05, 4.69) is 15.6 Å². The second-order valence-electron chi connectivity index (χ2n) is 6.53. The molecule has 27 heavy (non-hydrogen) atoms. The molecule has 7 heteroatoms. The van der Waals surface area contributed by atoms with E-state index in [0.717, 1.165) is 17.1 Å². The molecule has 0 spiro atoms. The lowest BCUT2D eigenvalue weighted by Gasteiger charge is -2.19. The summed E-state index contributed by atoms with van der Waals surface area (Å²) in [7, 11) is 3.81. The van der Waals surface area contributed by atoms with Gasteiger partial charge in [0.25, 0.3) is 0 Å². The van der Waals surface area contributed by atoms with E-state index in [0.29, 0.717) is 19.4 Å². The van der Waals surface area contributed by atoms with Gasteiger partial charge in [-0.05, 0) is 30.5 Å². The lowest BCUT2D eigenvalue weighted by molar-refractivity contribution is -0.137. The van der Waals surface area contributed by atoms with E-state index < -0.39 is 5.97 Å². The molecule has 0 bridgehead atoms. The van der Waals surface area contributed by atoms with Crippen LogP contribution in [0.15, 0.2) is 48.5 Å². The smallest absolute Gasteiger partial charge is 0.315 e. The van der Waals surface area contributed by atoms with Gasteiger partial charge in [0.15, 0.2) is 0 Å². The van der Waals surface area contributed by atoms with Gasteiger partial charge in [-0.3, -0.25) is 4.79 Å². The van der Waals surface area contributed by atoms with Crippen LogP contribution < -0.4 is 15.5 Å². The molecule has 1 aromatic heterocycles. The SMILES string of the molecule is CN(C)c1cccc(CNC(=O)NC(CCC(=O)O)Cc2ccccc2)n1. The number of nitrogens with one attached hydrogen (secondary N) is 2. The summed E-state index contributed by atoms with van der Waals surface area (Å²) in [4.78, 5) is 29.5. The fourth-order valence-corrected chi connectivity index (χ4v) is 2.64. The van der Waals surface area contributed by atoms with Crippen LogP contribution in [0.3, 0.4) is 0 Å². The molecule has 2 aromatic rings. The van der Waals surface area contributed by atoms with Crippen LogP contribution in [0.2, 0.25) is 0 Å². The standard InChI is InChI=1S/C20H26N4O3/c1-24(2)18-10-6-9-17(22-18)14-21-20(27)23-16(11-12-19(25)26)13-15-7-4-3-5-8-15/h3-10,16H,11-14H2,1-2H3,(H,25,26)(H2,21,23,27). The lowest BCUT2D eigenvalue weighted by Crippen LogP contribution is -2.43. The minimum Gasteiger partial charge on any atom is -0.481 e. The van der Waals surface area contributed by atoms with Crippen LogP contribution in [0, 0.1) is 0 Å². The van der Waals surface area contributed by atoms with Crippen LogP contribution in [0.25, 0.3) is 0 Å². The summed E-state index contributed by atoms with van der Waals surface area (Å²) in [6, 6.07) is 14.7. The first-order valence-electron chi connectivity index (χ1n) is 8.87. The van der Waals surface area contributed by atoms with Gasteiger partial charge in [-0.2, -0.15) is 0 Å². The summed E-state index contributed by atoms with van der Waals surface area (Å²) in [6.07, 6.45) is 0.951. The molecular formula is C20H26N4O3. The average molecular weight is 370 g/mol. The van der Waals surface area contributed by atoms with Gasteiger partial charge in [-0.15, -0.1) is 0 Å². The summed E-state index contributed by atoms with van der Waals surface area (Å²) >= 11 is 0. The van der Waals surface area contributed by atoms with Gasteiger partial charge < -0.3 is 20.6 Å². The van der Waals surface area contributed by atoms with Crippen molar-refractivity contribution in [1.29, 1.82) is 0 Å². The van der Waals surface area contributed by atoms with E-state index in [9.17, 15) is 9.59 Å². The van der Waals surface area contributed by atoms with Gasteiger partial charge in [-0.1, -0.05) is 36.4 Å². The Kier molecular flexibility index (Phi) is 7.61. The Morgan fingerprint density at radius 3 is 2.52 bits per heavy atom. The van der Waals surface area contributed by atoms with E-state index in [4.69, 9.17) is 5.11 Å². The van der Waals surface area contributed by atoms with Crippen molar-refractivity contribution in [3.05, 3.63) is 59.8 Å². The minimum atomic E-state index is -0.875. The van der Waals surface area contributed by atoms with E-state index in [1.54, 1.807) is 0 Å². The zero-order valence-electron chi connectivity index (χ0n) is 15.7. The highest BCUT2D eigenvalue weighted by molar-refractivity contribution is 5.74. The van der Waals surface area contributed by atoms with Crippen LogP contribution in [-0.4, -0.2) is 42.2 Å². The van der Waals surface area contributed by atoms with E-state index in [1.807, 2.05) is 67.5 Å². The molecule has 0 aliphatic carbocycles. The number of carbonyl (C=O) groups is 2. The molecule has 3 N–H and O–H groups in total. The van der Waals surface area contributed by atoms with Crippen molar-refractivity contribution < 1.29 is 14.7 Å². The Balaban J connectivity index is 1.92. The number of carbonyl (C=O) groups excluding carboxylic acids is 1. The number of benzene rings is 1. The van der Waals surface area contributed by atoms with Crippen molar-refractivity contribution >= 4 is 17.8 Å². The van der Waals surface area contributed by atoms with Crippen LogP contribution in [0.4, 0.5) is 10.6 Å². The largest absolute Gasteiger partial charge is 0.481 e. The summed E-state index contributed by atoms with van der Waals surface area (Å²) < 4.78 is 0. The van der Waals surface area contributed by atoms with Crippen molar-refractivity contribution in [1.82, 2.24) is 15.6 Å². The average Bonchev–Trinajstić information content (AvgIpc) is 2.65. The quantitative estimate of drug-likeness (QED) is 0.630. The molecule has 0 aliphatic heterocycles. The molecule has 0 radical (unpaired) electrons. The molecule has 1 unspecified atom stereocenters. The maximum absolute atomic E-state index is 12.3. The molecule has 2 amide bonds. The molecule has 0 aliphatic rings. The van der Waals surface area contributed by atoms with Crippen LogP contribution in [0.5, 0.6) is 0 Å². The third-order valence-electron chi connectivity index (χ3n) is 4.05. The zero-order valence-corrected chi connectivity index (χ0v) is 15.7. The van der Waals surface area contributed by atoms with Gasteiger partial charge in [0, 0.05) is 26.6 Å². The molecule has 144 valence electrons. The Bertz CT molecular complexity index is 750. The first kappa shape index (κ1) is 20.2. The Hall–Kier alpha value is -3.09. The second kappa shape index (κ2) is 10.2. The molecular weight excluding hydrogens is 344 g/mol. The topological polar surface area (TPSA) is 94.6 Å². The fraction of sp³-hybridized carbons (Fsp3) is 0.350. The molecule has 0 saturated carbocycles. The number of amides is 2. The van der Waals surface area contributed by atoms with Crippen LogP contribution >= 0.6 is 0 Å². The monoisotopic (exact) mass is 370 g/mol. The van der Waals surface area contributed by atoms with Gasteiger partial charge in [0.2, 0.25) is 0 Å². The Morgan fingerprint density at radius 2 is 1.85 bits per heavy atom. The Morgan fingerprint density at radius 1 is 1.11 bits per heavy atom. The van der Waals surface area contributed by atoms with E-state index >= 15 is 0 Å². The molecule has 7 nitrogen and oxygen atoms in total. The highest BCUT2D eigenvalue weighted by Gasteiger charge is 2.15. The van der Waals surface area contributed by atoms with Gasteiger partial charge in [-0.25, -0.2) is 9.78 Å². The number of urea groups is 1. The highest BCUT2D eigenvalue weighted by atomic mass is 16.4. The van der Waals surface area contributed by atoms with Crippen molar-refractivity contribution in [2.45, 2.75) is 31.8 Å². The highest BCUT2D eigenvalue weighted by Crippen LogP contribution is 2.09. The summed E-state index contributed by atoms with van der Waals surface area (Å²) in [5, 5.41) is 14.6. The molecule has 1 atom stereocenters. The second-order valence-corrected chi connectivity index (χ2v) is 6.53. The van der Waals surface area contributed by atoms with E-state index in [-0.39, 0.29) is 18.5 Å². The van der Waals surface area contributed by atoms with Crippen molar-refractivity contribution in [3.63, 3.8) is 0 Å². The normalized spacial score (nSPS) is 11.5. The van der Waals surface area contributed by atoms with E-state index in [1.165, 1.54) is 0 Å². The number of anilines is 1. The number of hydrogen-bond donors (Lipinski definition) is 3. The number of rotatable bonds is 9. The number of carboxylic acids is 1. The third kappa shape index (κ3) is 7.35. The summed E-state index contributed by atoms with van der Waals surface area (Å²) in [5.74, 6) is -0.0573. The number of aliphatic carboxylic acids is 1. The molecule has 1 heterocycles. The Labute approximate surface area is 159 Å². The zero-order chi connectivity index (χ0) is 19.6. The maximum Gasteiger partial charge on any atom is 0.315 e. The third-order valence-corrected chi connectivity index (χ3v) is 4.05. The molecule has 1 aromatic carbocycles. The minimum absolute atomic E-state index is 0.00418. The predicted molar refractivity (Wildman–Crippen MR) is 105 cm³/mol. The summed E-state index contributed by atoms with van der Waals surface area (Å²) in [6.45, 7) is 0.296. The van der Waals surface area contributed by atoms with Crippen molar-refractivity contribution in [2.24, 2.45) is 0 Å². The fourth-order valence-electron chi connectivity index (χ4n) is 2.64. The first-order chi connectivity index (χ1) is 12.9. The van der Waals surface area contributed by atoms with Crippen molar-refractivity contribution in [3.8, 4) is 0 Å². The van der Waals surface area contributed by atoms with Gasteiger partial charge in [0.05, 0.1) is 12.2 Å². The molecule has 2 rings (SSSR count). The number of pyridine rings is 1. The van der Waals surface area contributed by atoms with Crippen LogP contribution in [0.1, 0.15) is 24.1 Å². The van der Waals surface area contributed by atoms with Gasteiger partial charge in [0.1, 0.15) is 5.82 Å². The predicted octanol–water partition coefficient (Wildman–Crippen LogP) is 2.42. The van der Waals surface area contributed by atoms with Crippen molar-refractivity contribution in [2.75, 3.05) is 19.0 Å². The molecule has 0 fully saturated rings. The number of aromatic nitrogens is 1. The van der Waals surface area contributed by atoms with Gasteiger partial charge >= 0.3 is 12.0 Å². The summed E-state index contributed by atoms with van der Waals surface area (Å²) in [5.41, 5.74) is 1.80. The number of carboxylic acid groups (broad SMARTS) is 1. The first-order valence-corrected chi connectivity index (χ1v) is 8.87. The number of hydrogen-bond acceptors (Lipinski definition) is 4. The number of nitrogens with zero attached hydrogens (tertiary/aromatic N) is 2.